The molecule has 3 heterocycles. The molecule has 3 aromatic heterocycles. The van der Waals surface area contributed by atoms with E-state index < -0.39 is 0 Å². The van der Waals surface area contributed by atoms with Gasteiger partial charge in [0.25, 0.3) is 0 Å². The second-order valence-electron chi connectivity index (χ2n) is 7.56. The maximum absolute atomic E-state index is 12.5. The van der Waals surface area contributed by atoms with Crippen LogP contribution in [0.5, 0.6) is 0 Å². The fraction of sp³-hybridized carbons (Fsp3) is 0.167. The molecular weight excluding hydrogens is 534 g/mol. The van der Waals surface area contributed by atoms with Gasteiger partial charge in [0, 0.05) is 17.8 Å². The number of nitrogens with zero attached hydrogens (tertiary/aromatic N) is 4. The van der Waals surface area contributed by atoms with Gasteiger partial charge in [-0.2, -0.15) is 0 Å². The van der Waals surface area contributed by atoms with Crippen molar-refractivity contribution in [3.8, 4) is 22.2 Å². The Labute approximate surface area is 212 Å². The lowest BCUT2D eigenvalue weighted by molar-refractivity contribution is -0.113. The average molecular weight is 554 g/mol. The third-order valence-corrected chi connectivity index (χ3v) is 7.58. The van der Waals surface area contributed by atoms with Gasteiger partial charge in [0.2, 0.25) is 11.7 Å². The number of thiazole rings is 1. The SMILES string of the molecule is CCn1c(SCC(=O)Nc2ccc(-c3nc4ccc(C)cc4s3)cc2)nnc1-c1ccc(Br)o1. The van der Waals surface area contributed by atoms with Crippen molar-refractivity contribution in [2.75, 3.05) is 11.1 Å². The summed E-state index contributed by atoms with van der Waals surface area (Å²) in [7, 11) is 0. The molecule has 2 aromatic carbocycles. The number of amides is 1. The predicted octanol–water partition coefficient (Wildman–Crippen LogP) is 6.64. The van der Waals surface area contributed by atoms with Crippen LogP contribution in [0.25, 0.3) is 32.4 Å². The van der Waals surface area contributed by atoms with Crippen LogP contribution in [0.4, 0.5) is 5.69 Å². The topological polar surface area (TPSA) is 85.8 Å². The minimum Gasteiger partial charge on any atom is -0.446 e. The maximum Gasteiger partial charge on any atom is 0.234 e. The van der Waals surface area contributed by atoms with Crippen LogP contribution in [-0.2, 0) is 11.3 Å². The monoisotopic (exact) mass is 553 g/mol. The lowest BCUT2D eigenvalue weighted by Gasteiger charge is -2.07. The van der Waals surface area contributed by atoms with Crippen molar-refractivity contribution in [3.05, 3.63) is 64.8 Å². The summed E-state index contributed by atoms with van der Waals surface area (Å²) < 4.78 is 9.33. The molecule has 0 aliphatic heterocycles. The number of aryl methyl sites for hydroxylation is 1. The Hall–Kier alpha value is -2.95. The van der Waals surface area contributed by atoms with E-state index in [0.717, 1.165) is 21.8 Å². The number of carbonyl (C=O) groups excluding carboxylic acids is 1. The van der Waals surface area contributed by atoms with Gasteiger partial charge in [-0.1, -0.05) is 17.8 Å². The number of hydrogen-bond donors (Lipinski definition) is 1. The Morgan fingerprint density at radius 1 is 1.15 bits per heavy atom. The molecule has 172 valence electrons. The fourth-order valence-corrected chi connectivity index (χ4v) is 5.65. The van der Waals surface area contributed by atoms with E-state index in [1.54, 1.807) is 11.3 Å². The molecule has 5 aromatic rings. The van der Waals surface area contributed by atoms with E-state index in [9.17, 15) is 4.79 Å². The molecule has 0 fully saturated rings. The normalized spacial score (nSPS) is 11.3. The standard InChI is InChI=1S/C24H20BrN5O2S2/c1-3-30-22(18-10-11-20(25)32-18)28-29-24(30)33-13-21(31)26-16-7-5-15(6-8-16)23-27-17-9-4-14(2)12-19(17)34-23/h4-12H,3,13H2,1-2H3,(H,26,31). The molecule has 0 aliphatic carbocycles. The molecule has 5 rings (SSSR count). The maximum atomic E-state index is 12.5. The quantitative estimate of drug-likeness (QED) is 0.227. The lowest BCUT2D eigenvalue weighted by Crippen LogP contribution is -2.14. The number of anilines is 1. The molecule has 0 bridgehead atoms. The molecule has 0 unspecified atom stereocenters. The summed E-state index contributed by atoms with van der Waals surface area (Å²) in [6.07, 6.45) is 0. The average Bonchev–Trinajstić information content (AvgIpc) is 3.55. The highest BCUT2D eigenvalue weighted by Gasteiger charge is 2.17. The molecule has 0 saturated carbocycles. The molecule has 0 aliphatic rings. The number of carbonyl (C=O) groups is 1. The van der Waals surface area contributed by atoms with Crippen LogP contribution in [0.2, 0.25) is 0 Å². The summed E-state index contributed by atoms with van der Waals surface area (Å²) in [5, 5.41) is 13.0. The predicted molar refractivity (Wildman–Crippen MR) is 140 cm³/mol. The van der Waals surface area contributed by atoms with Crippen molar-refractivity contribution >= 4 is 60.8 Å². The molecule has 7 nitrogen and oxygen atoms in total. The van der Waals surface area contributed by atoms with Crippen LogP contribution < -0.4 is 5.32 Å². The van der Waals surface area contributed by atoms with Gasteiger partial charge in [0.05, 0.1) is 16.0 Å². The van der Waals surface area contributed by atoms with E-state index in [2.05, 4.69) is 50.5 Å². The Balaban J connectivity index is 1.22. The summed E-state index contributed by atoms with van der Waals surface area (Å²) >= 11 is 6.32. The Kier molecular flexibility index (Phi) is 6.53. The van der Waals surface area contributed by atoms with Crippen molar-refractivity contribution in [1.29, 1.82) is 0 Å². The number of rotatable bonds is 7. The highest BCUT2D eigenvalue weighted by Crippen LogP contribution is 2.31. The first-order valence-electron chi connectivity index (χ1n) is 10.6. The minimum absolute atomic E-state index is 0.110. The first-order valence-corrected chi connectivity index (χ1v) is 13.2. The second-order valence-corrected chi connectivity index (χ2v) is 10.3. The smallest absolute Gasteiger partial charge is 0.234 e. The van der Waals surface area contributed by atoms with E-state index in [-0.39, 0.29) is 11.7 Å². The zero-order chi connectivity index (χ0) is 23.7. The van der Waals surface area contributed by atoms with Crippen molar-refractivity contribution in [2.45, 2.75) is 25.5 Å². The van der Waals surface area contributed by atoms with Gasteiger partial charge < -0.3 is 9.73 Å². The third kappa shape index (κ3) is 4.79. The molecule has 0 spiro atoms. The van der Waals surface area contributed by atoms with Gasteiger partial charge in [0.1, 0.15) is 5.01 Å². The van der Waals surface area contributed by atoms with Crippen molar-refractivity contribution in [1.82, 2.24) is 19.7 Å². The highest BCUT2D eigenvalue weighted by atomic mass is 79.9. The van der Waals surface area contributed by atoms with Gasteiger partial charge in [-0.25, -0.2) is 4.98 Å². The summed E-state index contributed by atoms with van der Waals surface area (Å²) in [5.41, 5.74) is 3.99. The first kappa shape index (κ1) is 22.8. The number of aromatic nitrogens is 4. The van der Waals surface area contributed by atoms with Gasteiger partial charge in [-0.15, -0.1) is 21.5 Å². The summed E-state index contributed by atoms with van der Waals surface area (Å²) in [5.74, 6) is 1.37. The molecule has 0 radical (unpaired) electrons. The van der Waals surface area contributed by atoms with Gasteiger partial charge in [-0.3, -0.25) is 9.36 Å². The van der Waals surface area contributed by atoms with Gasteiger partial charge in [-0.05, 0) is 83.9 Å². The zero-order valence-corrected chi connectivity index (χ0v) is 21.6. The van der Waals surface area contributed by atoms with Crippen LogP contribution >= 0.6 is 39.0 Å². The number of benzene rings is 2. The zero-order valence-electron chi connectivity index (χ0n) is 18.4. The van der Waals surface area contributed by atoms with Crippen molar-refractivity contribution in [3.63, 3.8) is 0 Å². The van der Waals surface area contributed by atoms with Crippen LogP contribution in [0.1, 0.15) is 12.5 Å². The Morgan fingerprint density at radius 2 is 1.97 bits per heavy atom. The Bertz CT molecular complexity index is 1470. The molecular formula is C24H20BrN5O2S2. The molecule has 1 N–H and O–H groups in total. The van der Waals surface area contributed by atoms with Crippen molar-refractivity contribution < 1.29 is 9.21 Å². The highest BCUT2D eigenvalue weighted by molar-refractivity contribution is 9.10. The summed E-state index contributed by atoms with van der Waals surface area (Å²) in [4.78, 5) is 17.3. The molecule has 10 heteroatoms. The van der Waals surface area contributed by atoms with Crippen LogP contribution in [0.3, 0.4) is 0 Å². The van der Waals surface area contributed by atoms with Crippen molar-refractivity contribution in [2.24, 2.45) is 0 Å². The van der Waals surface area contributed by atoms with E-state index in [1.165, 1.54) is 22.0 Å². The molecule has 0 saturated heterocycles. The number of furan rings is 1. The number of thioether (sulfide) groups is 1. The van der Waals surface area contributed by atoms with Gasteiger partial charge >= 0.3 is 0 Å². The third-order valence-electron chi connectivity index (χ3n) is 5.12. The number of halogens is 1. The minimum atomic E-state index is -0.110. The molecule has 1 amide bonds. The van der Waals surface area contributed by atoms with Crippen LogP contribution in [0.15, 0.2) is 68.8 Å². The van der Waals surface area contributed by atoms with E-state index in [4.69, 9.17) is 9.40 Å². The number of hydrogen-bond acceptors (Lipinski definition) is 7. The number of fused-ring (bicyclic) bond motifs is 1. The largest absolute Gasteiger partial charge is 0.446 e. The first-order chi connectivity index (χ1) is 16.5. The number of nitrogens with one attached hydrogen (secondary N) is 1. The van der Waals surface area contributed by atoms with Crippen LogP contribution in [-0.4, -0.2) is 31.4 Å². The lowest BCUT2D eigenvalue weighted by atomic mass is 10.2. The van der Waals surface area contributed by atoms with E-state index >= 15 is 0 Å². The van der Waals surface area contributed by atoms with Crippen LogP contribution in [0, 0.1) is 6.92 Å². The molecule has 0 atom stereocenters. The molecule has 34 heavy (non-hydrogen) atoms. The van der Waals surface area contributed by atoms with E-state index in [0.29, 0.717) is 28.0 Å². The summed E-state index contributed by atoms with van der Waals surface area (Å²) in [6.45, 7) is 4.75. The Morgan fingerprint density at radius 3 is 2.71 bits per heavy atom. The fourth-order valence-electron chi connectivity index (χ4n) is 3.48. The second kappa shape index (κ2) is 9.73. The van der Waals surface area contributed by atoms with Gasteiger partial charge in [0.15, 0.2) is 15.6 Å². The summed E-state index contributed by atoms with van der Waals surface area (Å²) in [6, 6.07) is 17.7. The van der Waals surface area contributed by atoms with E-state index in [1.807, 2.05) is 54.0 Å².